The normalized spacial score (nSPS) is 15.7. The number of rotatable bonds is 2. The van der Waals surface area contributed by atoms with Crippen LogP contribution in [0.4, 0.5) is 0 Å². The Morgan fingerprint density at radius 1 is 1.27 bits per heavy atom. The molecule has 0 bridgehead atoms. The summed E-state index contributed by atoms with van der Waals surface area (Å²) in [6, 6.07) is 8.49. The molecule has 0 radical (unpaired) electrons. The molecule has 0 spiro atoms. The van der Waals surface area contributed by atoms with Gasteiger partial charge in [-0.3, -0.25) is 9.36 Å². The molecule has 5 heteroatoms. The Morgan fingerprint density at radius 2 is 2.05 bits per heavy atom. The lowest BCUT2D eigenvalue weighted by Gasteiger charge is -2.31. The van der Waals surface area contributed by atoms with Gasteiger partial charge in [-0.25, -0.2) is 0 Å². The molecule has 0 amide bonds. The molecule has 2 aromatic rings. The summed E-state index contributed by atoms with van der Waals surface area (Å²) < 4.78 is 7.46. The predicted molar refractivity (Wildman–Crippen MR) is 86.2 cm³/mol. The van der Waals surface area contributed by atoms with Crippen LogP contribution in [0.3, 0.4) is 0 Å². The number of halogens is 1. The number of aliphatic hydroxyl groups excluding tert-OH is 1. The van der Waals surface area contributed by atoms with Gasteiger partial charge in [0.25, 0.3) is 5.56 Å². The van der Waals surface area contributed by atoms with E-state index < -0.39 is 5.60 Å². The molecule has 1 aromatic heterocycles. The fourth-order valence-corrected chi connectivity index (χ4v) is 2.70. The molecular weight excluding hydrogens is 302 g/mol. The monoisotopic (exact) mass is 317 g/mol. The molecule has 1 aliphatic rings. The maximum Gasteiger partial charge on any atom is 0.255 e. The maximum atomic E-state index is 12.3. The molecule has 0 aliphatic carbocycles. The summed E-state index contributed by atoms with van der Waals surface area (Å²) in [5.41, 5.74) is 1.33. The first kappa shape index (κ1) is 14.9. The Bertz CT molecular complexity index is 821. The van der Waals surface area contributed by atoms with Crippen LogP contribution in [0.2, 0.25) is 5.02 Å². The molecule has 0 saturated carbocycles. The van der Waals surface area contributed by atoms with Gasteiger partial charge < -0.3 is 9.84 Å². The molecule has 0 fully saturated rings. The summed E-state index contributed by atoms with van der Waals surface area (Å²) in [5, 5.41) is 9.72. The number of hydrogen-bond acceptors (Lipinski definition) is 3. The summed E-state index contributed by atoms with van der Waals surface area (Å²) in [7, 11) is 0. The zero-order chi connectivity index (χ0) is 15.9. The Kier molecular flexibility index (Phi) is 3.59. The number of aromatic nitrogens is 1. The zero-order valence-corrected chi connectivity index (χ0v) is 13.1. The van der Waals surface area contributed by atoms with Crippen molar-refractivity contribution in [1.82, 2.24) is 4.57 Å². The van der Waals surface area contributed by atoms with Crippen LogP contribution in [0.5, 0.6) is 5.75 Å². The summed E-state index contributed by atoms with van der Waals surface area (Å²) in [4.78, 5) is 12.3. The van der Waals surface area contributed by atoms with E-state index in [-0.39, 0.29) is 12.2 Å². The number of hydrogen-bond donors (Lipinski definition) is 1. The number of nitrogens with zero attached hydrogens (tertiary/aromatic N) is 1. The average Bonchev–Trinajstić information content (AvgIpc) is 2.46. The van der Waals surface area contributed by atoms with Crippen molar-refractivity contribution < 1.29 is 9.84 Å². The Morgan fingerprint density at radius 3 is 2.73 bits per heavy atom. The topological polar surface area (TPSA) is 51.5 Å². The van der Waals surface area contributed by atoms with Crippen molar-refractivity contribution in [2.24, 2.45) is 0 Å². The third kappa shape index (κ3) is 2.67. The van der Waals surface area contributed by atoms with Gasteiger partial charge >= 0.3 is 0 Å². The van der Waals surface area contributed by atoms with Crippen LogP contribution >= 0.6 is 11.6 Å². The van der Waals surface area contributed by atoms with E-state index >= 15 is 0 Å². The van der Waals surface area contributed by atoms with E-state index in [1.165, 1.54) is 6.07 Å². The van der Waals surface area contributed by atoms with Crippen LogP contribution in [0, 0.1) is 0 Å². The lowest BCUT2D eigenvalue weighted by atomic mass is 9.99. The third-order valence-electron chi connectivity index (χ3n) is 3.50. The standard InChI is InChI=1S/C17H16ClNO3/c1-17(2)9-14(13-8-12(18)3-4-15(13)22-17)19-6-5-11(10-20)7-16(19)21/h3-9,20H,10H2,1-2H3. The lowest BCUT2D eigenvalue weighted by Crippen LogP contribution is -2.32. The van der Waals surface area contributed by atoms with Crippen LogP contribution in [0.25, 0.3) is 5.70 Å². The van der Waals surface area contributed by atoms with Crippen molar-refractivity contribution in [2.45, 2.75) is 26.1 Å². The van der Waals surface area contributed by atoms with E-state index in [0.29, 0.717) is 16.3 Å². The minimum atomic E-state index is -0.536. The smallest absolute Gasteiger partial charge is 0.255 e. The summed E-state index contributed by atoms with van der Waals surface area (Å²) in [6.07, 6.45) is 3.55. The van der Waals surface area contributed by atoms with E-state index in [9.17, 15) is 4.79 Å². The minimum Gasteiger partial charge on any atom is -0.483 e. The second kappa shape index (κ2) is 5.30. The van der Waals surface area contributed by atoms with Gasteiger partial charge in [0.15, 0.2) is 0 Å². The van der Waals surface area contributed by atoms with Crippen molar-refractivity contribution in [3.8, 4) is 5.75 Å². The van der Waals surface area contributed by atoms with Gasteiger partial charge in [-0.1, -0.05) is 11.6 Å². The number of benzene rings is 1. The van der Waals surface area contributed by atoms with Crippen LogP contribution in [-0.2, 0) is 6.61 Å². The summed E-state index contributed by atoms with van der Waals surface area (Å²) in [6.45, 7) is 3.70. The first-order valence-electron chi connectivity index (χ1n) is 6.94. The molecule has 0 saturated heterocycles. The lowest BCUT2D eigenvalue weighted by molar-refractivity contribution is 0.157. The van der Waals surface area contributed by atoms with Crippen LogP contribution in [-0.4, -0.2) is 15.3 Å². The van der Waals surface area contributed by atoms with Gasteiger partial charge in [-0.15, -0.1) is 0 Å². The second-order valence-electron chi connectivity index (χ2n) is 5.78. The average molecular weight is 318 g/mol. The minimum absolute atomic E-state index is 0.161. The number of aliphatic hydroxyl groups is 1. The maximum absolute atomic E-state index is 12.3. The van der Waals surface area contributed by atoms with Gasteiger partial charge in [0, 0.05) is 22.8 Å². The molecule has 22 heavy (non-hydrogen) atoms. The Labute approximate surface area is 133 Å². The van der Waals surface area contributed by atoms with Gasteiger partial charge in [0.1, 0.15) is 11.4 Å². The highest BCUT2D eigenvalue weighted by Gasteiger charge is 2.27. The first-order valence-corrected chi connectivity index (χ1v) is 7.32. The van der Waals surface area contributed by atoms with Crippen LogP contribution in [0.15, 0.2) is 47.4 Å². The number of ether oxygens (including phenoxy) is 1. The molecule has 0 unspecified atom stereocenters. The molecule has 4 nitrogen and oxygen atoms in total. The zero-order valence-electron chi connectivity index (χ0n) is 12.3. The summed E-state index contributed by atoms with van der Waals surface area (Å²) in [5.74, 6) is 0.685. The summed E-state index contributed by atoms with van der Waals surface area (Å²) >= 11 is 6.08. The first-order chi connectivity index (χ1) is 10.4. The van der Waals surface area contributed by atoms with Crippen molar-refractivity contribution in [3.63, 3.8) is 0 Å². The molecule has 1 N–H and O–H groups in total. The van der Waals surface area contributed by atoms with Crippen molar-refractivity contribution in [3.05, 3.63) is 69.1 Å². The fourth-order valence-electron chi connectivity index (χ4n) is 2.53. The Balaban J connectivity index is 2.22. The van der Waals surface area contributed by atoms with Gasteiger partial charge in [0.05, 0.1) is 12.3 Å². The van der Waals surface area contributed by atoms with E-state index in [2.05, 4.69) is 0 Å². The van der Waals surface area contributed by atoms with Crippen LogP contribution in [0.1, 0.15) is 25.0 Å². The SMILES string of the molecule is CC1(C)C=C(n2ccc(CO)cc2=O)c2cc(Cl)ccc2O1. The quantitative estimate of drug-likeness (QED) is 0.926. The van der Waals surface area contributed by atoms with Crippen molar-refractivity contribution >= 4 is 17.3 Å². The molecule has 2 heterocycles. The van der Waals surface area contributed by atoms with Gasteiger partial charge in [-0.05, 0) is 49.8 Å². The molecule has 1 aromatic carbocycles. The predicted octanol–water partition coefficient (Wildman–Crippen LogP) is 3.05. The fraction of sp³-hybridized carbons (Fsp3) is 0.235. The highest BCUT2D eigenvalue weighted by atomic mass is 35.5. The highest BCUT2D eigenvalue weighted by molar-refractivity contribution is 6.30. The number of fused-ring (bicyclic) bond motifs is 1. The van der Waals surface area contributed by atoms with Gasteiger partial charge in [-0.2, -0.15) is 0 Å². The second-order valence-corrected chi connectivity index (χ2v) is 6.21. The van der Waals surface area contributed by atoms with E-state index in [1.54, 1.807) is 35.0 Å². The Hall–Kier alpha value is -2.04. The molecule has 1 aliphatic heterocycles. The molecule has 0 atom stereocenters. The van der Waals surface area contributed by atoms with E-state index in [4.69, 9.17) is 21.4 Å². The largest absolute Gasteiger partial charge is 0.483 e. The third-order valence-corrected chi connectivity index (χ3v) is 3.74. The van der Waals surface area contributed by atoms with Crippen molar-refractivity contribution in [2.75, 3.05) is 0 Å². The highest BCUT2D eigenvalue weighted by Crippen LogP contribution is 2.37. The molecule has 3 rings (SSSR count). The van der Waals surface area contributed by atoms with Crippen LogP contribution < -0.4 is 10.3 Å². The van der Waals surface area contributed by atoms with Crippen molar-refractivity contribution in [1.29, 1.82) is 0 Å². The molecular formula is C17H16ClNO3. The van der Waals surface area contributed by atoms with E-state index in [1.807, 2.05) is 19.9 Å². The molecule has 114 valence electrons. The number of pyridine rings is 1. The van der Waals surface area contributed by atoms with Gasteiger partial charge in [0.2, 0.25) is 0 Å². The van der Waals surface area contributed by atoms with E-state index in [0.717, 1.165) is 11.3 Å².